The lowest BCUT2D eigenvalue weighted by atomic mass is 9.89. The molecule has 0 atom stereocenters. The summed E-state index contributed by atoms with van der Waals surface area (Å²) in [6, 6.07) is 2.69. The number of amides is 1. The van der Waals surface area contributed by atoms with Gasteiger partial charge in [0.2, 0.25) is 0 Å². The third-order valence-corrected chi connectivity index (χ3v) is 2.62. The van der Waals surface area contributed by atoms with Crippen LogP contribution in [-0.4, -0.2) is 23.2 Å². The molecule has 0 radical (unpaired) electrons. The molecule has 1 saturated carbocycles. The number of rotatable bonds is 2. The van der Waals surface area contributed by atoms with E-state index in [9.17, 15) is 13.6 Å². The average molecular weight is 227 g/mol. The minimum atomic E-state index is -0.877. The van der Waals surface area contributed by atoms with Gasteiger partial charge in [0.25, 0.3) is 5.91 Å². The van der Waals surface area contributed by atoms with Crippen LogP contribution in [0, 0.1) is 11.6 Å². The molecule has 0 spiro atoms. The smallest absolute Gasteiger partial charge is 0.254 e. The van der Waals surface area contributed by atoms with Crippen LogP contribution >= 0.6 is 0 Å². The predicted molar refractivity (Wildman–Crippen MR) is 52.9 cm³/mol. The van der Waals surface area contributed by atoms with E-state index in [1.54, 1.807) is 0 Å². The average Bonchev–Trinajstić information content (AvgIpc) is 2.15. The van der Waals surface area contributed by atoms with Crippen LogP contribution in [0.25, 0.3) is 0 Å². The van der Waals surface area contributed by atoms with E-state index < -0.39 is 17.5 Å². The van der Waals surface area contributed by atoms with E-state index >= 15 is 0 Å². The van der Waals surface area contributed by atoms with Gasteiger partial charge in [-0.3, -0.25) is 4.79 Å². The summed E-state index contributed by atoms with van der Waals surface area (Å²) < 4.78 is 25.8. The molecule has 0 aliphatic heterocycles. The highest BCUT2D eigenvalue weighted by Crippen LogP contribution is 2.20. The Labute approximate surface area is 91.1 Å². The first-order chi connectivity index (χ1) is 7.56. The molecule has 1 aromatic rings. The van der Waals surface area contributed by atoms with Crippen LogP contribution in [-0.2, 0) is 0 Å². The maximum atomic E-state index is 13.2. The first-order valence-electron chi connectivity index (χ1n) is 5.00. The molecule has 0 aromatic heterocycles. The monoisotopic (exact) mass is 227 g/mol. The molecule has 1 fully saturated rings. The Morgan fingerprint density at radius 2 is 2.06 bits per heavy atom. The zero-order valence-electron chi connectivity index (χ0n) is 8.41. The van der Waals surface area contributed by atoms with E-state index in [-0.39, 0.29) is 17.7 Å². The molecule has 1 aliphatic carbocycles. The molecule has 2 rings (SSSR count). The van der Waals surface area contributed by atoms with Crippen LogP contribution in [0.4, 0.5) is 8.78 Å². The molecule has 16 heavy (non-hydrogen) atoms. The van der Waals surface area contributed by atoms with Crippen LogP contribution in [0.1, 0.15) is 23.2 Å². The Balaban J connectivity index is 2.03. The number of hydrogen-bond donors (Lipinski definition) is 2. The van der Waals surface area contributed by atoms with Gasteiger partial charge >= 0.3 is 0 Å². The predicted octanol–water partition coefficient (Wildman–Crippen LogP) is 1.22. The van der Waals surface area contributed by atoms with E-state index in [0.717, 1.165) is 12.1 Å². The van der Waals surface area contributed by atoms with Gasteiger partial charge in [-0.05, 0) is 25.0 Å². The molecule has 3 nitrogen and oxygen atoms in total. The summed E-state index contributed by atoms with van der Waals surface area (Å²) in [5.41, 5.74) is -0.178. The largest absolute Gasteiger partial charge is 0.393 e. The Bertz CT molecular complexity index is 416. The van der Waals surface area contributed by atoms with Crippen molar-refractivity contribution in [1.29, 1.82) is 0 Å². The maximum absolute atomic E-state index is 13.2. The molecule has 1 aliphatic rings. The lowest BCUT2D eigenvalue weighted by Gasteiger charge is -2.31. The van der Waals surface area contributed by atoms with Crippen molar-refractivity contribution in [2.45, 2.75) is 25.0 Å². The molecule has 2 N–H and O–H groups in total. The highest BCUT2D eigenvalue weighted by molar-refractivity contribution is 5.94. The summed E-state index contributed by atoms with van der Waals surface area (Å²) in [6.45, 7) is 0. The number of hydrogen-bond acceptors (Lipinski definition) is 2. The number of aliphatic hydroxyl groups is 1. The number of halogens is 2. The number of carbonyl (C=O) groups is 1. The fraction of sp³-hybridized carbons (Fsp3) is 0.364. The van der Waals surface area contributed by atoms with Crippen molar-refractivity contribution in [1.82, 2.24) is 5.32 Å². The number of nitrogens with one attached hydrogen (secondary N) is 1. The molecule has 0 saturated heterocycles. The van der Waals surface area contributed by atoms with E-state index in [1.165, 1.54) is 0 Å². The summed E-state index contributed by atoms with van der Waals surface area (Å²) in [7, 11) is 0. The lowest BCUT2D eigenvalue weighted by molar-refractivity contribution is 0.0561. The van der Waals surface area contributed by atoms with Gasteiger partial charge < -0.3 is 10.4 Å². The lowest BCUT2D eigenvalue weighted by Crippen LogP contribution is -2.46. The number of carbonyl (C=O) groups excluding carboxylic acids is 1. The minimum absolute atomic E-state index is 0.119. The quantitative estimate of drug-likeness (QED) is 0.798. The highest BCUT2D eigenvalue weighted by atomic mass is 19.1. The summed E-state index contributed by atoms with van der Waals surface area (Å²) in [4.78, 5) is 11.5. The van der Waals surface area contributed by atoms with Crippen LogP contribution in [0.3, 0.4) is 0 Å². The van der Waals surface area contributed by atoms with Gasteiger partial charge in [0.1, 0.15) is 11.6 Å². The fourth-order valence-electron chi connectivity index (χ4n) is 1.64. The maximum Gasteiger partial charge on any atom is 0.254 e. The SMILES string of the molecule is O=C(NC1CC(O)C1)c1ccc(F)cc1F. The standard InChI is InChI=1S/C11H11F2NO2/c12-6-1-2-9(10(13)3-6)11(16)14-7-4-8(15)5-7/h1-3,7-8,15H,4-5H2,(H,14,16). The second-order valence-corrected chi connectivity index (χ2v) is 3.92. The summed E-state index contributed by atoms with van der Waals surface area (Å²) in [5, 5.41) is 11.6. The van der Waals surface area contributed by atoms with Crippen LogP contribution in [0.15, 0.2) is 18.2 Å². The third-order valence-electron chi connectivity index (χ3n) is 2.62. The van der Waals surface area contributed by atoms with Gasteiger partial charge in [-0.1, -0.05) is 0 Å². The second-order valence-electron chi connectivity index (χ2n) is 3.92. The van der Waals surface area contributed by atoms with E-state index in [0.29, 0.717) is 18.9 Å². The normalized spacial score (nSPS) is 23.7. The molecular formula is C11H11F2NO2. The molecule has 0 heterocycles. The number of aliphatic hydroxyl groups excluding tert-OH is 1. The zero-order valence-corrected chi connectivity index (χ0v) is 8.41. The molecular weight excluding hydrogens is 216 g/mol. The summed E-state index contributed by atoms with van der Waals surface area (Å²) >= 11 is 0. The first-order valence-corrected chi connectivity index (χ1v) is 5.00. The summed E-state index contributed by atoms with van der Waals surface area (Å²) in [5.74, 6) is -2.17. The third kappa shape index (κ3) is 2.19. The van der Waals surface area contributed by atoms with Gasteiger partial charge in [-0.2, -0.15) is 0 Å². The highest BCUT2D eigenvalue weighted by Gasteiger charge is 2.29. The minimum Gasteiger partial charge on any atom is -0.393 e. The van der Waals surface area contributed by atoms with Crippen LogP contribution in [0.5, 0.6) is 0 Å². The van der Waals surface area contributed by atoms with E-state index in [4.69, 9.17) is 5.11 Å². The van der Waals surface area contributed by atoms with Crippen molar-refractivity contribution in [2.75, 3.05) is 0 Å². The van der Waals surface area contributed by atoms with Crippen molar-refractivity contribution in [3.05, 3.63) is 35.4 Å². The van der Waals surface area contributed by atoms with Crippen LogP contribution < -0.4 is 5.32 Å². The molecule has 0 unspecified atom stereocenters. The van der Waals surface area contributed by atoms with Gasteiger partial charge in [-0.25, -0.2) is 8.78 Å². The Kier molecular flexibility index (Phi) is 2.87. The van der Waals surface area contributed by atoms with Crippen LogP contribution in [0.2, 0.25) is 0 Å². The molecule has 0 bridgehead atoms. The van der Waals surface area contributed by atoms with Gasteiger partial charge in [0.15, 0.2) is 0 Å². The molecule has 1 aromatic carbocycles. The molecule has 5 heteroatoms. The first kappa shape index (κ1) is 11.0. The van der Waals surface area contributed by atoms with Crippen molar-refractivity contribution < 1.29 is 18.7 Å². The zero-order chi connectivity index (χ0) is 11.7. The van der Waals surface area contributed by atoms with Crippen molar-refractivity contribution in [3.8, 4) is 0 Å². The van der Waals surface area contributed by atoms with Crippen molar-refractivity contribution in [3.63, 3.8) is 0 Å². The Hall–Kier alpha value is -1.49. The van der Waals surface area contributed by atoms with Gasteiger partial charge in [0, 0.05) is 12.1 Å². The van der Waals surface area contributed by atoms with E-state index in [1.807, 2.05) is 0 Å². The Morgan fingerprint density at radius 3 is 2.62 bits per heavy atom. The Morgan fingerprint density at radius 1 is 1.38 bits per heavy atom. The summed E-state index contributed by atoms with van der Waals surface area (Å²) in [6.07, 6.45) is 0.576. The topological polar surface area (TPSA) is 49.3 Å². The van der Waals surface area contributed by atoms with Gasteiger partial charge in [-0.15, -0.1) is 0 Å². The van der Waals surface area contributed by atoms with Crippen molar-refractivity contribution in [2.24, 2.45) is 0 Å². The fourth-order valence-corrected chi connectivity index (χ4v) is 1.64. The van der Waals surface area contributed by atoms with Gasteiger partial charge in [0.05, 0.1) is 11.7 Å². The molecule has 1 amide bonds. The number of benzene rings is 1. The second kappa shape index (κ2) is 4.17. The van der Waals surface area contributed by atoms with Crippen molar-refractivity contribution >= 4 is 5.91 Å². The van der Waals surface area contributed by atoms with E-state index in [2.05, 4.69) is 5.32 Å². The molecule has 86 valence electrons.